The third-order valence-corrected chi connectivity index (χ3v) is 3.68. The molecule has 0 bridgehead atoms. The minimum absolute atomic E-state index is 0.0568. The molecule has 0 heterocycles. The number of nitrogens with one attached hydrogen (secondary N) is 3. The van der Waals surface area contributed by atoms with Crippen molar-refractivity contribution >= 4 is 28.9 Å². The van der Waals surface area contributed by atoms with Crippen LogP contribution < -0.4 is 16.0 Å². The topological polar surface area (TPSA) is 70.2 Å². The minimum Gasteiger partial charge on any atom is -0.385 e. The highest BCUT2D eigenvalue weighted by atomic mass is 16.2. The van der Waals surface area contributed by atoms with Crippen molar-refractivity contribution in [3.8, 4) is 0 Å². The van der Waals surface area contributed by atoms with Crippen LogP contribution in [0.1, 0.15) is 24.5 Å². The van der Waals surface area contributed by atoms with E-state index in [-0.39, 0.29) is 11.8 Å². The fraction of sp³-hybridized carbons (Fsp3) is 0.263. The van der Waals surface area contributed by atoms with E-state index in [9.17, 15) is 9.59 Å². The lowest BCUT2D eigenvalue weighted by molar-refractivity contribution is -0.116. The van der Waals surface area contributed by atoms with Crippen LogP contribution in [0.25, 0.3) is 0 Å². The van der Waals surface area contributed by atoms with Crippen molar-refractivity contribution in [2.45, 2.75) is 27.2 Å². The van der Waals surface area contributed by atoms with Gasteiger partial charge in [-0.1, -0.05) is 6.07 Å². The second-order valence-corrected chi connectivity index (χ2v) is 5.78. The Morgan fingerprint density at radius 2 is 1.42 bits per heavy atom. The Labute approximate surface area is 142 Å². The van der Waals surface area contributed by atoms with Gasteiger partial charge in [0.25, 0.3) is 0 Å². The molecular weight excluding hydrogens is 302 g/mol. The van der Waals surface area contributed by atoms with Crippen molar-refractivity contribution < 1.29 is 9.59 Å². The Morgan fingerprint density at radius 1 is 0.833 bits per heavy atom. The van der Waals surface area contributed by atoms with E-state index >= 15 is 0 Å². The Hall–Kier alpha value is -2.82. The summed E-state index contributed by atoms with van der Waals surface area (Å²) in [5.41, 5.74) is 4.91. The van der Waals surface area contributed by atoms with E-state index in [0.29, 0.717) is 24.3 Å². The van der Waals surface area contributed by atoms with Gasteiger partial charge >= 0.3 is 0 Å². The first-order chi connectivity index (χ1) is 11.4. The molecule has 0 radical (unpaired) electrons. The standard InChI is InChI=1S/C19H23N3O2/c1-13-4-5-18(12-14(13)2)20-11-10-19(24)22-17-8-6-16(7-9-17)21-15(3)23/h4-9,12,20H,10-11H2,1-3H3,(H,21,23)(H,22,24). The zero-order valence-corrected chi connectivity index (χ0v) is 14.3. The number of anilines is 3. The molecule has 0 aliphatic rings. The summed E-state index contributed by atoms with van der Waals surface area (Å²) in [6.45, 7) is 6.16. The van der Waals surface area contributed by atoms with E-state index in [1.54, 1.807) is 24.3 Å². The Morgan fingerprint density at radius 3 is 2.00 bits per heavy atom. The number of hydrogen-bond donors (Lipinski definition) is 3. The third-order valence-electron chi connectivity index (χ3n) is 3.68. The smallest absolute Gasteiger partial charge is 0.226 e. The molecule has 2 amide bonds. The second-order valence-electron chi connectivity index (χ2n) is 5.78. The van der Waals surface area contributed by atoms with E-state index in [2.05, 4.69) is 41.9 Å². The van der Waals surface area contributed by atoms with Crippen molar-refractivity contribution in [2.24, 2.45) is 0 Å². The zero-order chi connectivity index (χ0) is 17.5. The van der Waals surface area contributed by atoms with Gasteiger partial charge in [-0.3, -0.25) is 9.59 Å². The molecule has 126 valence electrons. The Bertz CT molecular complexity index is 724. The highest BCUT2D eigenvalue weighted by Crippen LogP contribution is 2.15. The lowest BCUT2D eigenvalue weighted by atomic mass is 10.1. The largest absolute Gasteiger partial charge is 0.385 e. The fourth-order valence-corrected chi connectivity index (χ4v) is 2.24. The first kappa shape index (κ1) is 17.5. The van der Waals surface area contributed by atoms with Crippen LogP contribution in [0.4, 0.5) is 17.1 Å². The second kappa shape index (κ2) is 8.15. The number of rotatable bonds is 6. The third kappa shape index (κ3) is 5.43. The number of benzene rings is 2. The van der Waals surface area contributed by atoms with Gasteiger partial charge in [0.1, 0.15) is 0 Å². The van der Waals surface area contributed by atoms with Crippen LogP contribution in [0.3, 0.4) is 0 Å². The summed E-state index contributed by atoms with van der Waals surface area (Å²) in [7, 11) is 0. The number of carbonyl (C=O) groups is 2. The van der Waals surface area contributed by atoms with E-state index in [4.69, 9.17) is 0 Å². The molecule has 0 saturated heterocycles. The van der Waals surface area contributed by atoms with Gasteiger partial charge in [-0.25, -0.2) is 0 Å². The van der Waals surface area contributed by atoms with E-state index in [1.165, 1.54) is 18.1 Å². The monoisotopic (exact) mass is 325 g/mol. The molecule has 0 aliphatic carbocycles. The molecule has 2 aromatic carbocycles. The van der Waals surface area contributed by atoms with Gasteiger partial charge in [0.15, 0.2) is 0 Å². The van der Waals surface area contributed by atoms with Gasteiger partial charge in [0.2, 0.25) is 11.8 Å². The maximum Gasteiger partial charge on any atom is 0.226 e. The van der Waals surface area contributed by atoms with Gasteiger partial charge in [0.05, 0.1) is 0 Å². The van der Waals surface area contributed by atoms with Crippen molar-refractivity contribution in [2.75, 3.05) is 22.5 Å². The van der Waals surface area contributed by atoms with E-state index < -0.39 is 0 Å². The molecule has 5 nitrogen and oxygen atoms in total. The molecule has 0 atom stereocenters. The van der Waals surface area contributed by atoms with E-state index in [0.717, 1.165) is 5.69 Å². The van der Waals surface area contributed by atoms with Crippen LogP contribution >= 0.6 is 0 Å². The van der Waals surface area contributed by atoms with Gasteiger partial charge in [-0.2, -0.15) is 0 Å². The highest BCUT2D eigenvalue weighted by molar-refractivity contribution is 5.92. The quantitative estimate of drug-likeness (QED) is 0.758. The van der Waals surface area contributed by atoms with Crippen molar-refractivity contribution in [1.82, 2.24) is 0 Å². The normalized spacial score (nSPS) is 10.1. The van der Waals surface area contributed by atoms with Crippen LogP contribution in [0.5, 0.6) is 0 Å². The highest BCUT2D eigenvalue weighted by Gasteiger charge is 2.03. The van der Waals surface area contributed by atoms with Gasteiger partial charge < -0.3 is 16.0 Å². The lowest BCUT2D eigenvalue weighted by Crippen LogP contribution is -2.16. The first-order valence-corrected chi connectivity index (χ1v) is 7.92. The van der Waals surface area contributed by atoms with Crippen molar-refractivity contribution in [3.63, 3.8) is 0 Å². The molecule has 3 N–H and O–H groups in total. The number of carbonyl (C=O) groups excluding carboxylic acids is 2. The summed E-state index contributed by atoms with van der Waals surface area (Å²) in [5, 5.41) is 8.77. The Kier molecular flexibility index (Phi) is 5.95. The fourth-order valence-electron chi connectivity index (χ4n) is 2.24. The van der Waals surface area contributed by atoms with Crippen LogP contribution in [0.15, 0.2) is 42.5 Å². The first-order valence-electron chi connectivity index (χ1n) is 7.92. The van der Waals surface area contributed by atoms with Crippen LogP contribution in [-0.2, 0) is 9.59 Å². The molecule has 0 aliphatic heterocycles. The molecule has 5 heteroatoms. The molecular formula is C19H23N3O2. The molecule has 0 spiro atoms. The Balaban J connectivity index is 1.78. The maximum atomic E-state index is 12.0. The molecule has 2 aromatic rings. The average molecular weight is 325 g/mol. The van der Waals surface area contributed by atoms with E-state index in [1.807, 2.05) is 6.07 Å². The molecule has 2 rings (SSSR count). The molecule has 24 heavy (non-hydrogen) atoms. The predicted octanol–water partition coefficient (Wildman–Crippen LogP) is 3.70. The summed E-state index contributed by atoms with van der Waals surface area (Å²) in [4.78, 5) is 22.9. The molecule has 0 unspecified atom stereocenters. The van der Waals surface area contributed by atoms with Gasteiger partial charge in [-0.05, 0) is 61.4 Å². The van der Waals surface area contributed by atoms with Crippen LogP contribution in [-0.4, -0.2) is 18.4 Å². The van der Waals surface area contributed by atoms with Gasteiger partial charge in [0, 0.05) is 37.0 Å². The van der Waals surface area contributed by atoms with Crippen LogP contribution in [0, 0.1) is 13.8 Å². The molecule has 0 fully saturated rings. The molecule has 0 aromatic heterocycles. The summed E-state index contributed by atoms with van der Waals surface area (Å²) in [6, 6.07) is 13.2. The number of hydrogen-bond acceptors (Lipinski definition) is 3. The number of aryl methyl sites for hydroxylation is 2. The number of amides is 2. The van der Waals surface area contributed by atoms with Crippen LogP contribution in [0.2, 0.25) is 0 Å². The zero-order valence-electron chi connectivity index (χ0n) is 14.3. The summed E-state index contributed by atoms with van der Waals surface area (Å²) < 4.78 is 0. The SMILES string of the molecule is CC(=O)Nc1ccc(NC(=O)CCNc2ccc(C)c(C)c2)cc1. The minimum atomic E-state index is -0.121. The summed E-state index contributed by atoms with van der Waals surface area (Å²) >= 11 is 0. The lowest BCUT2D eigenvalue weighted by Gasteiger charge is -2.10. The van der Waals surface area contributed by atoms with Crippen molar-refractivity contribution in [3.05, 3.63) is 53.6 Å². The van der Waals surface area contributed by atoms with Crippen molar-refractivity contribution in [1.29, 1.82) is 0 Å². The maximum absolute atomic E-state index is 12.0. The molecule has 0 saturated carbocycles. The predicted molar refractivity (Wildman–Crippen MR) is 98.4 cm³/mol. The van der Waals surface area contributed by atoms with Gasteiger partial charge in [-0.15, -0.1) is 0 Å². The summed E-state index contributed by atoms with van der Waals surface area (Å²) in [5.74, 6) is -0.178. The average Bonchev–Trinajstić information content (AvgIpc) is 2.52. The summed E-state index contributed by atoms with van der Waals surface area (Å²) in [6.07, 6.45) is 0.375.